The van der Waals surface area contributed by atoms with Crippen LogP contribution in [0, 0.1) is 12.7 Å². The van der Waals surface area contributed by atoms with Gasteiger partial charge in [-0.15, -0.1) is 0 Å². The van der Waals surface area contributed by atoms with E-state index in [0.717, 1.165) is 5.56 Å². The summed E-state index contributed by atoms with van der Waals surface area (Å²) < 4.78 is 18.8. The Morgan fingerprint density at radius 3 is 2.78 bits per heavy atom. The van der Waals surface area contributed by atoms with Crippen molar-refractivity contribution in [2.75, 3.05) is 13.2 Å². The molecule has 18 heavy (non-hydrogen) atoms. The van der Waals surface area contributed by atoms with Crippen LogP contribution in [0.2, 0.25) is 0 Å². The average molecular weight is 254 g/mol. The van der Waals surface area contributed by atoms with Gasteiger partial charge in [-0.3, -0.25) is 4.79 Å². The summed E-state index contributed by atoms with van der Waals surface area (Å²) in [4.78, 5) is 11.4. The lowest BCUT2D eigenvalue weighted by atomic mass is 10.0. The van der Waals surface area contributed by atoms with E-state index in [1.807, 2.05) is 13.8 Å². The van der Waals surface area contributed by atoms with E-state index in [2.05, 4.69) is 5.32 Å². The molecule has 0 fully saturated rings. The molecule has 1 aromatic rings. The minimum absolute atomic E-state index is 0.0173. The van der Waals surface area contributed by atoms with Crippen LogP contribution >= 0.6 is 0 Å². The maximum Gasteiger partial charge on any atom is 0.240 e. The molecule has 0 spiro atoms. The lowest BCUT2D eigenvalue weighted by Gasteiger charge is -2.27. The molecular formula is C13H19FN2O2. The second-order valence-corrected chi connectivity index (χ2v) is 4.45. The Morgan fingerprint density at radius 1 is 1.56 bits per heavy atom. The minimum Gasteiger partial charge on any atom is -0.488 e. The first-order valence-corrected chi connectivity index (χ1v) is 5.83. The molecule has 1 rings (SSSR count). The number of halogens is 1. The first-order chi connectivity index (χ1) is 8.39. The van der Waals surface area contributed by atoms with Gasteiger partial charge in [0.25, 0.3) is 0 Å². The summed E-state index contributed by atoms with van der Waals surface area (Å²) in [5.74, 6) is -0.860. The van der Waals surface area contributed by atoms with Gasteiger partial charge < -0.3 is 15.8 Å². The fourth-order valence-electron chi connectivity index (χ4n) is 1.54. The fraction of sp³-hybridized carbons (Fsp3) is 0.462. The maximum atomic E-state index is 13.5. The normalized spacial score (nSPS) is 14.0. The molecule has 100 valence electrons. The zero-order chi connectivity index (χ0) is 13.8. The molecule has 0 aliphatic carbocycles. The Balaban J connectivity index is 2.79. The topological polar surface area (TPSA) is 64.3 Å². The van der Waals surface area contributed by atoms with Crippen LogP contribution in [0.5, 0.6) is 5.75 Å². The third kappa shape index (κ3) is 3.43. The van der Waals surface area contributed by atoms with E-state index < -0.39 is 17.3 Å². The van der Waals surface area contributed by atoms with E-state index in [9.17, 15) is 9.18 Å². The highest BCUT2D eigenvalue weighted by Crippen LogP contribution is 2.19. The van der Waals surface area contributed by atoms with Crippen LogP contribution in [-0.4, -0.2) is 24.6 Å². The molecular weight excluding hydrogens is 235 g/mol. The van der Waals surface area contributed by atoms with Crippen molar-refractivity contribution >= 4 is 5.91 Å². The molecule has 0 aliphatic heterocycles. The lowest BCUT2D eigenvalue weighted by Crippen LogP contribution is -2.57. The third-order valence-corrected chi connectivity index (χ3v) is 2.71. The first-order valence-electron chi connectivity index (χ1n) is 5.83. The van der Waals surface area contributed by atoms with Gasteiger partial charge in [-0.05, 0) is 38.1 Å². The van der Waals surface area contributed by atoms with Gasteiger partial charge in [0.1, 0.15) is 12.1 Å². The number of aryl methyl sites for hydroxylation is 1. The van der Waals surface area contributed by atoms with Crippen molar-refractivity contribution in [3.05, 3.63) is 29.6 Å². The zero-order valence-electron chi connectivity index (χ0n) is 10.9. The van der Waals surface area contributed by atoms with Crippen LogP contribution in [0.25, 0.3) is 0 Å². The van der Waals surface area contributed by atoms with Crippen molar-refractivity contribution in [2.45, 2.75) is 26.3 Å². The number of nitrogens with two attached hydrogens (primary N) is 1. The van der Waals surface area contributed by atoms with Crippen LogP contribution in [-0.2, 0) is 4.79 Å². The van der Waals surface area contributed by atoms with Gasteiger partial charge in [-0.25, -0.2) is 4.39 Å². The van der Waals surface area contributed by atoms with E-state index in [0.29, 0.717) is 6.54 Å². The van der Waals surface area contributed by atoms with Gasteiger partial charge in [0.15, 0.2) is 11.6 Å². The van der Waals surface area contributed by atoms with E-state index in [1.165, 1.54) is 6.07 Å². The number of hydrogen-bond acceptors (Lipinski definition) is 3. The van der Waals surface area contributed by atoms with Gasteiger partial charge in [0.05, 0.1) is 0 Å². The Hall–Kier alpha value is -1.62. The predicted molar refractivity (Wildman–Crippen MR) is 67.9 cm³/mol. The van der Waals surface area contributed by atoms with Gasteiger partial charge in [-0.1, -0.05) is 13.0 Å². The van der Waals surface area contributed by atoms with Crippen LogP contribution in [0.3, 0.4) is 0 Å². The number of carbonyl (C=O) groups excluding carboxylic acids is 1. The van der Waals surface area contributed by atoms with E-state index in [1.54, 1.807) is 19.1 Å². The number of rotatable bonds is 6. The Bertz CT molecular complexity index is 437. The number of hydrogen-bond donors (Lipinski definition) is 2. The Morgan fingerprint density at radius 2 is 2.22 bits per heavy atom. The molecule has 1 amide bonds. The molecule has 3 N–H and O–H groups in total. The van der Waals surface area contributed by atoms with Crippen LogP contribution in [0.4, 0.5) is 4.39 Å². The van der Waals surface area contributed by atoms with Crippen molar-refractivity contribution in [3.8, 4) is 5.75 Å². The smallest absolute Gasteiger partial charge is 0.240 e. The van der Waals surface area contributed by atoms with Crippen molar-refractivity contribution < 1.29 is 13.9 Å². The first kappa shape index (κ1) is 14.4. The highest BCUT2D eigenvalue weighted by atomic mass is 19.1. The molecule has 0 bridgehead atoms. The number of primary amides is 1. The van der Waals surface area contributed by atoms with Gasteiger partial charge in [0.2, 0.25) is 5.91 Å². The fourth-order valence-corrected chi connectivity index (χ4v) is 1.54. The summed E-state index contributed by atoms with van der Waals surface area (Å²) in [7, 11) is 0. The lowest BCUT2D eigenvalue weighted by molar-refractivity contribution is -0.124. The SMILES string of the molecule is CCNC(C)(COc1cc(C)ccc1F)C(N)=O. The van der Waals surface area contributed by atoms with E-state index >= 15 is 0 Å². The summed E-state index contributed by atoms with van der Waals surface area (Å²) in [5.41, 5.74) is 5.19. The molecule has 1 aromatic carbocycles. The zero-order valence-corrected chi connectivity index (χ0v) is 10.9. The highest BCUT2D eigenvalue weighted by Gasteiger charge is 2.31. The van der Waals surface area contributed by atoms with Crippen LogP contribution < -0.4 is 15.8 Å². The van der Waals surface area contributed by atoms with E-state index in [-0.39, 0.29) is 12.4 Å². The monoisotopic (exact) mass is 254 g/mol. The van der Waals surface area contributed by atoms with Gasteiger partial charge in [-0.2, -0.15) is 0 Å². The summed E-state index contributed by atoms with van der Waals surface area (Å²) in [5, 5.41) is 2.94. The number of amides is 1. The van der Waals surface area contributed by atoms with Gasteiger partial charge in [0, 0.05) is 0 Å². The van der Waals surface area contributed by atoms with Crippen molar-refractivity contribution in [1.82, 2.24) is 5.32 Å². The summed E-state index contributed by atoms with van der Waals surface area (Å²) >= 11 is 0. The minimum atomic E-state index is -1.01. The molecule has 4 nitrogen and oxygen atoms in total. The summed E-state index contributed by atoms with van der Waals surface area (Å²) in [6, 6.07) is 4.57. The molecule has 0 heterocycles. The van der Waals surface area contributed by atoms with Crippen LogP contribution in [0.1, 0.15) is 19.4 Å². The number of benzene rings is 1. The van der Waals surface area contributed by atoms with E-state index in [4.69, 9.17) is 10.5 Å². The van der Waals surface area contributed by atoms with Crippen molar-refractivity contribution in [1.29, 1.82) is 0 Å². The number of carbonyl (C=O) groups is 1. The van der Waals surface area contributed by atoms with Crippen LogP contribution in [0.15, 0.2) is 18.2 Å². The van der Waals surface area contributed by atoms with Crippen molar-refractivity contribution in [3.63, 3.8) is 0 Å². The Kier molecular flexibility index (Phi) is 4.67. The quantitative estimate of drug-likeness (QED) is 0.805. The number of ether oxygens (including phenoxy) is 1. The molecule has 0 saturated heterocycles. The van der Waals surface area contributed by atoms with Crippen molar-refractivity contribution in [2.24, 2.45) is 5.73 Å². The molecule has 1 atom stereocenters. The predicted octanol–water partition coefficient (Wildman–Crippen LogP) is 1.37. The molecule has 5 heteroatoms. The Labute approximate surface area is 106 Å². The van der Waals surface area contributed by atoms with Gasteiger partial charge >= 0.3 is 0 Å². The molecule has 0 aliphatic rings. The second-order valence-electron chi connectivity index (χ2n) is 4.45. The number of likely N-dealkylation sites (N-methyl/N-ethyl adjacent to an activating group) is 1. The third-order valence-electron chi connectivity index (χ3n) is 2.71. The standard InChI is InChI=1S/C13H19FN2O2/c1-4-16-13(3,12(15)17)8-18-11-7-9(2)5-6-10(11)14/h5-7,16H,4,8H2,1-3H3,(H2,15,17). The molecule has 0 radical (unpaired) electrons. The second kappa shape index (κ2) is 5.82. The maximum absolute atomic E-state index is 13.5. The largest absolute Gasteiger partial charge is 0.488 e. The number of nitrogens with one attached hydrogen (secondary N) is 1. The molecule has 0 saturated carbocycles. The highest BCUT2D eigenvalue weighted by molar-refractivity contribution is 5.84. The molecule has 1 unspecified atom stereocenters. The summed E-state index contributed by atoms with van der Waals surface area (Å²) in [6.45, 7) is 5.88. The average Bonchev–Trinajstić information content (AvgIpc) is 2.30. The molecule has 0 aromatic heterocycles. The summed E-state index contributed by atoms with van der Waals surface area (Å²) in [6.07, 6.45) is 0.